The zero-order chi connectivity index (χ0) is 38.7. The molecule has 5 heterocycles. The van der Waals surface area contributed by atoms with Gasteiger partial charge in [-0.2, -0.15) is 36.5 Å². The average Bonchev–Trinajstić information content (AvgIpc) is 3.84. The molecule has 0 spiro atoms. The minimum Gasteiger partial charge on any atom is -0.460 e. The van der Waals surface area contributed by atoms with Crippen molar-refractivity contribution in [1.29, 1.82) is 0 Å². The number of alkyl halides is 6. The topological polar surface area (TPSA) is 144 Å². The lowest BCUT2D eigenvalue weighted by Gasteiger charge is -2.28. The van der Waals surface area contributed by atoms with E-state index in [1.807, 2.05) is 27.7 Å². The maximum absolute atomic E-state index is 14.0. The average molecular weight is 757 g/mol. The SMILES string of the molecule is CCOC(=O)c1oc2c(c1C(F)(F)F)-c1[nH]ncc1C(C)(C)C2.CCOC(=O)c1oc2c(c1C(F)(F)F)-c1nn(C[C@H]3COCCO3)cc1C(C)(C)C2. The molecule has 4 aromatic heterocycles. The molecule has 0 saturated carbocycles. The molecule has 0 unspecified atom stereocenters. The van der Waals surface area contributed by atoms with E-state index in [-0.39, 0.29) is 66.2 Å². The predicted octanol–water partition coefficient (Wildman–Crippen LogP) is 7.29. The third kappa shape index (κ3) is 7.10. The summed E-state index contributed by atoms with van der Waals surface area (Å²) in [5.41, 5.74) is -1.82. The zero-order valence-corrected chi connectivity index (χ0v) is 29.8. The number of halogens is 6. The van der Waals surface area contributed by atoms with Gasteiger partial charge in [-0.05, 0) is 13.8 Å². The van der Waals surface area contributed by atoms with Crippen LogP contribution in [0.25, 0.3) is 22.5 Å². The van der Waals surface area contributed by atoms with Crippen molar-refractivity contribution < 1.29 is 63.7 Å². The third-order valence-electron chi connectivity index (χ3n) is 9.28. The van der Waals surface area contributed by atoms with Gasteiger partial charge in [0.25, 0.3) is 0 Å². The van der Waals surface area contributed by atoms with Crippen molar-refractivity contribution in [3.8, 4) is 22.5 Å². The number of ether oxygens (including phenoxy) is 4. The molecule has 2 aliphatic carbocycles. The highest BCUT2D eigenvalue weighted by Crippen LogP contribution is 2.52. The number of aromatic amines is 1. The smallest absolute Gasteiger partial charge is 0.421 e. The molecule has 53 heavy (non-hydrogen) atoms. The Morgan fingerprint density at radius 2 is 1.42 bits per heavy atom. The van der Waals surface area contributed by atoms with E-state index in [0.717, 1.165) is 0 Å². The molecule has 1 aliphatic heterocycles. The summed E-state index contributed by atoms with van der Waals surface area (Å²) >= 11 is 0. The number of hydrogen-bond acceptors (Lipinski definition) is 10. The van der Waals surface area contributed by atoms with Gasteiger partial charge in [-0.25, -0.2) is 9.59 Å². The third-order valence-corrected chi connectivity index (χ3v) is 9.28. The highest BCUT2D eigenvalue weighted by atomic mass is 19.4. The number of esters is 2. The van der Waals surface area contributed by atoms with Crippen LogP contribution in [-0.2, 0) is 61.5 Å². The number of rotatable bonds is 6. The first-order valence-corrected chi connectivity index (χ1v) is 16.9. The van der Waals surface area contributed by atoms with Gasteiger partial charge in [0, 0.05) is 41.0 Å². The minimum absolute atomic E-state index is 0.0394. The minimum atomic E-state index is -4.80. The molecule has 1 N–H and O–H groups in total. The molecular formula is C35H38F6N4O8. The van der Waals surface area contributed by atoms with Gasteiger partial charge in [0.1, 0.15) is 34.4 Å². The normalized spacial score (nSPS) is 18.5. The summed E-state index contributed by atoms with van der Waals surface area (Å²) in [5.74, 6) is -3.68. The van der Waals surface area contributed by atoms with Crippen molar-refractivity contribution in [2.24, 2.45) is 0 Å². The molecule has 3 aliphatic rings. The number of hydrogen-bond donors (Lipinski definition) is 1. The van der Waals surface area contributed by atoms with Crippen molar-refractivity contribution in [1.82, 2.24) is 20.0 Å². The maximum atomic E-state index is 14.0. The van der Waals surface area contributed by atoms with Crippen LogP contribution in [-0.4, -0.2) is 71.1 Å². The van der Waals surface area contributed by atoms with E-state index in [2.05, 4.69) is 15.3 Å². The highest BCUT2D eigenvalue weighted by molar-refractivity contribution is 5.93. The van der Waals surface area contributed by atoms with Gasteiger partial charge >= 0.3 is 24.3 Å². The second-order valence-electron chi connectivity index (χ2n) is 14.1. The Labute approximate surface area is 299 Å². The van der Waals surface area contributed by atoms with Gasteiger partial charge in [0.15, 0.2) is 0 Å². The lowest BCUT2D eigenvalue weighted by atomic mass is 9.74. The lowest BCUT2D eigenvalue weighted by Crippen LogP contribution is -2.32. The first-order chi connectivity index (χ1) is 24.8. The van der Waals surface area contributed by atoms with E-state index < -0.39 is 57.8 Å². The molecule has 1 fully saturated rings. The van der Waals surface area contributed by atoms with Gasteiger partial charge in [-0.15, -0.1) is 0 Å². The molecule has 1 atom stereocenters. The molecule has 288 valence electrons. The number of furan rings is 2. The number of nitrogens with zero attached hydrogens (tertiary/aromatic N) is 3. The molecule has 0 bridgehead atoms. The maximum Gasteiger partial charge on any atom is 0.421 e. The van der Waals surface area contributed by atoms with E-state index >= 15 is 0 Å². The van der Waals surface area contributed by atoms with Crippen LogP contribution >= 0.6 is 0 Å². The molecule has 0 amide bonds. The molecule has 4 aromatic rings. The Bertz CT molecular complexity index is 2010. The molecule has 0 aromatic carbocycles. The Kier molecular flexibility index (Phi) is 9.85. The van der Waals surface area contributed by atoms with E-state index in [1.165, 1.54) is 20.0 Å². The zero-order valence-electron chi connectivity index (χ0n) is 29.8. The second kappa shape index (κ2) is 13.7. The van der Waals surface area contributed by atoms with Crippen molar-refractivity contribution in [2.45, 2.75) is 90.2 Å². The number of aromatic nitrogens is 4. The molecule has 7 rings (SSSR count). The van der Waals surface area contributed by atoms with Crippen molar-refractivity contribution in [2.75, 3.05) is 33.0 Å². The Morgan fingerprint density at radius 1 is 0.868 bits per heavy atom. The monoisotopic (exact) mass is 756 g/mol. The number of carbonyl (C=O) groups excluding carboxylic acids is 2. The van der Waals surface area contributed by atoms with Crippen LogP contribution in [0.5, 0.6) is 0 Å². The van der Waals surface area contributed by atoms with Gasteiger partial charge in [-0.3, -0.25) is 9.78 Å². The van der Waals surface area contributed by atoms with Crippen LogP contribution in [0.3, 0.4) is 0 Å². The number of nitrogens with one attached hydrogen (secondary N) is 1. The Balaban J connectivity index is 0.000000188. The summed E-state index contributed by atoms with van der Waals surface area (Å²) in [7, 11) is 0. The lowest BCUT2D eigenvalue weighted by molar-refractivity contribution is -0.138. The van der Waals surface area contributed by atoms with Crippen molar-refractivity contribution in [3.05, 3.63) is 57.7 Å². The first-order valence-electron chi connectivity index (χ1n) is 16.9. The quantitative estimate of drug-likeness (QED) is 0.157. The second-order valence-corrected chi connectivity index (χ2v) is 14.1. The molecule has 1 saturated heterocycles. The van der Waals surface area contributed by atoms with E-state index in [4.69, 9.17) is 27.8 Å². The van der Waals surface area contributed by atoms with Crippen LogP contribution in [0, 0.1) is 0 Å². The van der Waals surface area contributed by atoms with E-state index in [9.17, 15) is 35.9 Å². The van der Waals surface area contributed by atoms with Gasteiger partial charge in [-0.1, -0.05) is 27.7 Å². The summed E-state index contributed by atoms with van der Waals surface area (Å²) in [4.78, 5) is 24.1. The molecule has 12 nitrogen and oxygen atoms in total. The molecule has 18 heteroatoms. The number of carbonyl (C=O) groups is 2. The Morgan fingerprint density at radius 3 is 1.94 bits per heavy atom. The van der Waals surface area contributed by atoms with Crippen LogP contribution < -0.4 is 0 Å². The van der Waals surface area contributed by atoms with Gasteiger partial charge < -0.3 is 27.8 Å². The van der Waals surface area contributed by atoms with Gasteiger partial charge in [0.2, 0.25) is 11.5 Å². The van der Waals surface area contributed by atoms with E-state index in [1.54, 1.807) is 10.9 Å². The predicted molar refractivity (Wildman–Crippen MR) is 172 cm³/mol. The summed E-state index contributed by atoms with van der Waals surface area (Å²) in [6, 6.07) is 0. The highest BCUT2D eigenvalue weighted by Gasteiger charge is 2.50. The fraction of sp³-hybridized carbons (Fsp3) is 0.543. The number of H-pyrrole nitrogens is 1. The summed E-state index contributed by atoms with van der Waals surface area (Å²) in [6.07, 6.45) is -6.10. The number of fused-ring (bicyclic) bond motifs is 6. The standard InChI is InChI=1S/C20H23F3N2O5.C15H15F3N2O3/c1-4-28-18(26)17-15(20(21,22)23)14-13(30-17)7-19(2,3)12-9-25(24-16(12)14)8-11-10-27-5-6-29-11;1-4-22-13(21)12-10(15(16,17)18)9-8(23-12)5-14(2,3)7-6-19-20-11(7)9/h9,11H,4-8,10H2,1-3H3;6H,4-5H2,1-3H3,(H,19,20)/t11-;/m0./s1. The first kappa shape index (κ1) is 38.2. The largest absolute Gasteiger partial charge is 0.460 e. The summed E-state index contributed by atoms with van der Waals surface area (Å²) < 4.78 is 116. The van der Waals surface area contributed by atoms with Crippen LogP contribution in [0.2, 0.25) is 0 Å². The summed E-state index contributed by atoms with van der Waals surface area (Å²) in [5, 5.41) is 10.9. The van der Waals surface area contributed by atoms with Gasteiger partial charge in [0.05, 0.1) is 62.6 Å². The van der Waals surface area contributed by atoms with Crippen LogP contribution in [0.1, 0.15) is 96.4 Å². The van der Waals surface area contributed by atoms with Crippen LogP contribution in [0.15, 0.2) is 21.2 Å². The Hall–Kier alpha value is -4.58. The van der Waals surface area contributed by atoms with E-state index in [0.29, 0.717) is 37.5 Å². The van der Waals surface area contributed by atoms with Crippen LogP contribution in [0.4, 0.5) is 26.3 Å². The fourth-order valence-electron chi connectivity index (χ4n) is 6.97. The molecule has 0 radical (unpaired) electrons. The summed E-state index contributed by atoms with van der Waals surface area (Å²) in [6.45, 7) is 12.2. The fourth-order valence-corrected chi connectivity index (χ4v) is 6.97. The van der Waals surface area contributed by atoms with Crippen molar-refractivity contribution in [3.63, 3.8) is 0 Å². The molecular weight excluding hydrogens is 718 g/mol. The van der Waals surface area contributed by atoms with Crippen molar-refractivity contribution >= 4 is 11.9 Å².